The van der Waals surface area contributed by atoms with Crippen LogP contribution in [0.3, 0.4) is 0 Å². The first-order valence-corrected chi connectivity index (χ1v) is 7.98. The van der Waals surface area contributed by atoms with Gasteiger partial charge >= 0.3 is 0 Å². The maximum atomic E-state index is 13.5. The fraction of sp³-hybridized carbons (Fsp3) is 0.278. The fourth-order valence-corrected chi connectivity index (χ4v) is 2.38. The van der Waals surface area contributed by atoms with E-state index in [-0.39, 0.29) is 6.54 Å². The molecular formula is C18H20F3N3O. The number of amides is 1. The van der Waals surface area contributed by atoms with Crippen molar-refractivity contribution < 1.29 is 18.0 Å². The topological polar surface area (TPSA) is 44.4 Å². The lowest BCUT2D eigenvalue weighted by Gasteiger charge is -2.21. The van der Waals surface area contributed by atoms with Crippen molar-refractivity contribution >= 4 is 23.0 Å². The highest BCUT2D eigenvalue weighted by Crippen LogP contribution is 2.20. The lowest BCUT2D eigenvalue weighted by Crippen LogP contribution is -2.23. The van der Waals surface area contributed by atoms with Crippen LogP contribution < -0.4 is 15.5 Å². The van der Waals surface area contributed by atoms with Gasteiger partial charge in [0.1, 0.15) is 0 Å². The molecule has 0 spiro atoms. The summed E-state index contributed by atoms with van der Waals surface area (Å²) in [5.41, 5.74) is 1.39. The van der Waals surface area contributed by atoms with E-state index in [4.69, 9.17) is 0 Å². The second-order valence-electron chi connectivity index (χ2n) is 5.34. The first-order valence-electron chi connectivity index (χ1n) is 7.98. The summed E-state index contributed by atoms with van der Waals surface area (Å²) in [6.07, 6.45) is 0. The van der Waals surface area contributed by atoms with Gasteiger partial charge in [-0.15, -0.1) is 0 Å². The Hall–Kier alpha value is -2.70. The van der Waals surface area contributed by atoms with Crippen molar-refractivity contribution in [3.63, 3.8) is 0 Å². The molecule has 0 aliphatic carbocycles. The highest BCUT2D eigenvalue weighted by atomic mass is 19.2. The maximum Gasteiger partial charge on any atom is 0.243 e. The van der Waals surface area contributed by atoms with E-state index in [0.29, 0.717) is 0 Å². The Morgan fingerprint density at radius 3 is 2.20 bits per heavy atom. The Bertz CT molecular complexity index is 731. The highest BCUT2D eigenvalue weighted by Gasteiger charge is 2.15. The molecule has 7 heteroatoms. The van der Waals surface area contributed by atoms with Crippen molar-refractivity contribution in [1.82, 2.24) is 0 Å². The summed E-state index contributed by atoms with van der Waals surface area (Å²) in [5.74, 6) is -4.91. The van der Waals surface area contributed by atoms with E-state index < -0.39 is 29.0 Å². The van der Waals surface area contributed by atoms with E-state index in [1.807, 2.05) is 24.3 Å². The number of hydrogen-bond acceptors (Lipinski definition) is 3. The summed E-state index contributed by atoms with van der Waals surface area (Å²) in [6, 6.07) is 9.26. The predicted molar refractivity (Wildman–Crippen MR) is 93.4 cm³/mol. The van der Waals surface area contributed by atoms with Crippen molar-refractivity contribution in [3.05, 3.63) is 53.8 Å². The number of anilines is 3. The predicted octanol–water partition coefficient (Wildman–Crippen LogP) is 4.00. The molecule has 0 aliphatic rings. The molecule has 0 atom stereocenters. The summed E-state index contributed by atoms with van der Waals surface area (Å²) in [5, 5.41) is 5.10. The van der Waals surface area contributed by atoms with E-state index in [1.54, 1.807) is 0 Å². The van der Waals surface area contributed by atoms with Gasteiger partial charge in [-0.05, 0) is 50.2 Å². The Morgan fingerprint density at radius 2 is 1.60 bits per heavy atom. The third kappa shape index (κ3) is 4.65. The van der Waals surface area contributed by atoms with E-state index in [9.17, 15) is 18.0 Å². The van der Waals surface area contributed by atoms with Gasteiger partial charge in [-0.3, -0.25) is 4.79 Å². The maximum absolute atomic E-state index is 13.5. The van der Waals surface area contributed by atoms with E-state index in [2.05, 4.69) is 29.4 Å². The van der Waals surface area contributed by atoms with E-state index in [1.165, 1.54) is 0 Å². The molecule has 25 heavy (non-hydrogen) atoms. The molecule has 0 fully saturated rings. The molecule has 2 N–H and O–H groups in total. The number of nitrogens with zero attached hydrogens (tertiary/aromatic N) is 1. The average molecular weight is 351 g/mol. The largest absolute Gasteiger partial charge is 0.376 e. The Morgan fingerprint density at radius 1 is 0.960 bits per heavy atom. The summed E-state index contributed by atoms with van der Waals surface area (Å²) in [6.45, 7) is 5.79. The Kier molecular flexibility index (Phi) is 6.27. The zero-order chi connectivity index (χ0) is 18.4. The SMILES string of the molecule is CCN(CC)c1ccc(NCC(=O)Nc2ccc(F)c(F)c2F)cc1. The number of benzene rings is 2. The van der Waals surface area contributed by atoms with Gasteiger partial charge < -0.3 is 15.5 Å². The normalized spacial score (nSPS) is 10.4. The second-order valence-corrected chi connectivity index (χ2v) is 5.34. The molecule has 0 aromatic heterocycles. The fourth-order valence-electron chi connectivity index (χ4n) is 2.38. The number of carbonyl (C=O) groups is 1. The van der Waals surface area contributed by atoms with Crippen LogP contribution in [0.2, 0.25) is 0 Å². The van der Waals surface area contributed by atoms with Crippen LogP contribution in [-0.2, 0) is 4.79 Å². The lowest BCUT2D eigenvalue weighted by molar-refractivity contribution is -0.114. The lowest BCUT2D eigenvalue weighted by atomic mass is 10.2. The van der Waals surface area contributed by atoms with E-state index >= 15 is 0 Å². The number of nitrogens with one attached hydrogen (secondary N) is 2. The number of hydrogen-bond donors (Lipinski definition) is 2. The smallest absolute Gasteiger partial charge is 0.243 e. The standard InChI is InChI=1S/C18H20F3N3O/c1-3-24(4-2)13-7-5-12(6-8-13)22-11-16(25)23-15-10-9-14(19)17(20)18(15)21/h5-10,22H,3-4,11H2,1-2H3,(H,23,25). The summed E-state index contributed by atoms with van der Waals surface area (Å²) in [4.78, 5) is 14.0. The first-order chi connectivity index (χ1) is 12.0. The molecule has 0 heterocycles. The van der Waals surface area contributed by atoms with Crippen molar-refractivity contribution in [1.29, 1.82) is 0 Å². The summed E-state index contributed by atoms with van der Waals surface area (Å²) >= 11 is 0. The summed E-state index contributed by atoms with van der Waals surface area (Å²) < 4.78 is 39.5. The molecule has 0 aliphatic heterocycles. The summed E-state index contributed by atoms with van der Waals surface area (Å²) in [7, 11) is 0. The number of halogens is 3. The monoisotopic (exact) mass is 351 g/mol. The molecule has 0 radical (unpaired) electrons. The molecule has 2 aromatic carbocycles. The molecule has 0 saturated carbocycles. The van der Waals surface area contributed by atoms with Crippen LogP contribution >= 0.6 is 0 Å². The Labute approximate surface area is 144 Å². The van der Waals surface area contributed by atoms with Gasteiger partial charge in [0.25, 0.3) is 0 Å². The van der Waals surface area contributed by atoms with Crippen LogP contribution in [0.5, 0.6) is 0 Å². The third-order valence-corrected chi connectivity index (χ3v) is 3.76. The van der Waals surface area contributed by atoms with Gasteiger partial charge in [-0.2, -0.15) is 0 Å². The average Bonchev–Trinajstić information content (AvgIpc) is 2.62. The molecule has 0 unspecified atom stereocenters. The zero-order valence-electron chi connectivity index (χ0n) is 14.1. The minimum atomic E-state index is -1.61. The number of rotatable bonds is 7. The third-order valence-electron chi connectivity index (χ3n) is 3.76. The van der Waals surface area contributed by atoms with Gasteiger partial charge in [0, 0.05) is 24.5 Å². The van der Waals surface area contributed by atoms with Gasteiger partial charge in [-0.25, -0.2) is 13.2 Å². The van der Waals surface area contributed by atoms with Gasteiger partial charge in [0.2, 0.25) is 5.91 Å². The van der Waals surface area contributed by atoms with Crippen LogP contribution in [-0.4, -0.2) is 25.5 Å². The zero-order valence-corrected chi connectivity index (χ0v) is 14.1. The second kappa shape index (κ2) is 8.41. The molecule has 0 bridgehead atoms. The van der Waals surface area contributed by atoms with Crippen LogP contribution in [0.4, 0.5) is 30.2 Å². The quantitative estimate of drug-likeness (QED) is 0.741. The Balaban J connectivity index is 1.93. The van der Waals surface area contributed by atoms with Crippen LogP contribution in [0.25, 0.3) is 0 Å². The van der Waals surface area contributed by atoms with Gasteiger partial charge in [-0.1, -0.05) is 0 Å². The van der Waals surface area contributed by atoms with Gasteiger partial charge in [0.15, 0.2) is 17.5 Å². The van der Waals surface area contributed by atoms with Crippen molar-refractivity contribution in [2.45, 2.75) is 13.8 Å². The molecule has 134 valence electrons. The van der Waals surface area contributed by atoms with Crippen LogP contribution in [0, 0.1) is 17.5 Å². The van der Waals surface area contributed by atoms with Crippen LogP contribution in [0.15, 0.2) is 36.4 Å². The minimum absolute atomic E-state index is 0.136. The number of carbonyl (C=O) groups excluding carboxylic acids is 1. The van der Waals surface area contributed by atoms with Crippen molar-refractivity contribution in [3.8, 4) is 0 Å². The molecule has 0 saturated heterocycles. The molecular weight excluding hydrogens is 331 g/mol. The molecule has 4 nitrogen and oxygen atoms in total. The molecule has 1 amide bonds. The van der Waals surface area contributed by atoms with Crippen LogP contribution in [0.1, 0.15) is 13.8 Å². The minimum Gasteiger partial charge on any atom is -0.376 e. The molecule has 2 aromatic rings. The molecule has 2 rings (SSSR count). The highest BCUT2D eigenvalue weighted by molar-refractivity contribution is 5.93. The van der Waals surface area contributed by atoms with E-state index in [0.717, 1.165) is 36.6 Å². The van der Waals surface area contributed by atoms with Crippen molar-refractivity contribution in [2.24, 2.45) is 0 Å². The van der Waals surface area contributed by atoms with Gasteiger partial charge in [0.05, 0.1) is 12.2 Å². The first kappa shape index (κ1) is 18.6. The van der Waals surface area contributed by atoms with Crippen molar-refractivity contribution in [2.75, 3.05) is 35.2 Å².